The lowest BCUT2D eigenvalue weighted by atomic mass is 9.97. The summed E-state index contributed by atoms with van der Waals surface area (Å²) in [6, 6.07) is 0.796. The Morgan fingerprint density at radius 3 is 2.19 bits per heavy atom. The molecule has 0 saturated carbocycles. The van der Waals surface area contributed by atoms with Gasteiger partial charge in [-0.1, -0.05) is 6.92 Å². The van der Waals surface area contributed by atoms with Crippen molar-refractivity contribution in [2.24, 2.45) is 5.92 Å². The number of likely N-dealkylation sites (tertiary alicyclic amines) is 1. The fraction of sp³-hybridized carbons (Fsp3) is 0.917. The molecule has 0 aromatic carbocycles. The van der Waals surface area contributed by atoms with Crippen LogP contribution in [0.5, 0.6) is 0 Å². The Morgan fingerprint density at radius 2 is 1.81 bits per heavy atom. The van der Waals surface area contributed by atoms with Crippen molar-refractivity contribution in [2.45, 2.75) is 38.8 Å². The highest BCUT2D eigenvalue weighted by molar-refractivity contribution is 5.70. The van der Waals surface area contributed by atoms with E-state index >= 15 is 0 Å². The maximum Gasteiger partial charge on any atom is 0.307 e. The Kier molecular flexibility index (Phi) is 4.74. The second kappa shape index (κ2) is 5.64. The zero-order chi connectivity index (χ0) is 12.3. The van der Waals surface area contributed by atoms with Gasteiger partial charge in [-0.25, -0.2) is 0 Å². The van der Waals surface area contributed by atoms with Crippen LogP contribution in [-0.4, -0.2) is 60.1 Å². The van der Waals surface area contributed by atoms with E-state index in [1.807, 2.05) is 6.92 Å². The molecule has 4 heteroatoms. The Balaban J connectivity index is 2.44. The summed E-state index contributed by atoms with van der Waals surface area (Å²) >= 11 is 0. The first kappa shape index (κ1) is 13.5. The summed E-state index contributed by atoms with van der Waals surface area (Å²) in [6.07, 6.45) is 2.29. The third-order valence-corrected chi connectivity index (χ3v) is 3.92. The van der Waals surface area contributed by atoms with Crippen LogP contribution in [0.15, 0.2) is 0 Å². The molecule has 0 amide bonds. The van der Waals surface area contributed by atoms with Gasteiger partial charge in [0.2, 0.25) is 0 Å². The zero-order valence-corrected chi connectivity index (χ0v) is 10.8. The molecule has 94 valence electrons. The molecule has 1 N–H and O–H groups in total. The maximum absolute atomic E-state index is 10.9. The molecule has 0 aromatic heterocycles. The number of hydrogen-bond acceptors (Lipinski definition) is 3. The van der Waals surface area contributed by atoms with E-state index in [0.29, 0.717) is 6.04 Å². The van der Waals surface area contributed by atoms with Crippen molar-refractivity contribution in [3.05, 3.63) is 0 Å². The number of nitrogens with zero attached hydrogens (tertiary/aromatic N) is 2. The van der Waals surface area contributed by atoms with Crippen LogP contribution in [0.1, 0.15) is 26.7 Å². The van der Waals surface area contributed by atoms with E-state index in [2.05, 4.69) is 23.9 Å². The number of carboxylic acids is 1. The fourth-order valence-corrected chi connectivity index (χ4v) is 2.33. The normalized spacial score (nSPS) is 23.3. The van der Waals surface area contributed by atoms with Gasteiger partial charge in [-0.05, 0) is 47.0 Å². The highest BCUT2D eigenvalue weighted by Gasteiger charge is 2.29. The second-order valence-electron chi connectivity index (χ2n) is 5.10. The summed E-state index contributed by atoms with van der Waals surface area (Å²) in [6.45, 7) is 5.85. The van der Waals surface area contributed by atoms with Crippen molar-refractivity contribution >= 4 is 5.97 Å². The molecule has 0 aliphatic carbocycles. The van der Waals surface area contributed by atoms with Gasteiger partial charge in [0.25, 0.3) is 0 Å². The molecule has 0 bridgehead atoms. The van der Waals surface area contributed by atoms with Crippen LogP contribution < -0.4 is 0 Å². The van der Waals surface area contributed by atoms with Gasteiger partial charge >= 0.3 is 5.97 Å². The number of piperidine rings is 1. The smallest absolute Gasteiger partial charge is 0.307 e. The Hall–Kier alpha value is -0.610. The van der Waals surface area contributed by atoms with Crippen molar-refractivity contribution < 1.29 is 9.90 Å². The average Bonchev–Trinajstić information content (AvgIpc) is 2.27. The molecule has 4 nitrogen and oxygen atoms in total. The minimum Gasteiger partial charge on any atom is -0.481 e. The summed E-state index contributed by atoms with van der Waals surface area (Å²) in [5.74, 6) is -0.974. The minimum atomic E-state index is -0.692. The van der Waals surface area contributed by atoms with Crippen molar-refractivity contribution in [3.8, 4) is 0 Å². The third kappa shape index (κ3) is 3.19. The van der Waals surface area contributed by atoms with Crippen LogP contribution in [0.25, 0.3) is 0 Å². The van der Waals surface area contributed by atoms with E-state index in [9.17, 15) is 4.79 Å². The van der Waals surface area contributed by atoms with Gasteiger partial charge in [0.1, 0.15) is 0 Å². The second-order valence-corrected chi connectivity index (χ2v) is 5.10. The van der Waals surface area contributed by atoms with Crippen LogP contribution in [-0.2, 0) is 4.79 Å². The molecular formula is C12H24N2O2. The summed E-state index contributed by atoms with van der Waals surface area (Å²) in [4.78, 5) is 15.5. The molecule has 1 saturated heterocycles. The average molecular weight is 228 g/mol. The van der Waals surface area contributed by atoms with Gasteiger partial charge in [-0.2, -0.15) is 0 Å². The van der Waals surface area contributed by atoms with E-state index < -0.39 is 5.97 Å². The van der Waals surface area contributed by atoms with Gasteiger partial charge in [-0.3, -0.25) is 9.69 Å². The van der Waals surface area contributed by atoms with E-state index in [4.69, 9.17) is 5.11 Å². The minimum absolute atomic E-state index is 0.139. The number of rotatable bonds is 4. The van der Waals surface area contributed by atoms with Gasteiger partial charge < -0.3 is 10.0 Å². The molecule has 1 heterocycles. The van der Waals surface area contributed by atoms with E-state index in [1.54, 1.807) is 6.92 Å². The highest BCUT2D eigenvalue weighted by atomic mass is 16.4. The van der Waals surface area contributed by atoms with Crippen molar-refractivity contribution in [1.29, 1.82) is 0 Å². The molecule has 2 unspecified atom stereocenters. The zero-order valence-electron chi connectivity index (χ0n) is 10.8. The molecule has 0 radical (unpaired) electrons. The standard InChI is InChI=1S/C12H24N2O2/c1-9(12(15)16)10(2)14-7-5-11(6-8-14)13(3)4/h9-11H,5-8H2,1-4H3,(H,15,16). The molecule has 1 rings (SSSR count). The topological polar surface area (TPSA) is 43.8 Å². The van der Waals surface area contributed by atoms with E-state index in [-0.39, 0.29) is 12.0 Å². The SMILES string of the molecule is CC(C(=O)O)C(C)N1CCC(N(C)C)CC1. The lowest BCUT2D eigenvalue weighted by Crippen LogP contribution is -2.48. The molecule has 16 heavy (non-hydrogen) atoms. The molecule has 1 aliphatic rings. The first-order chi connectivity index (χ1) is 7.43. The summed E-state index contributed by atoms with van der Waals surface area (Å²) in [5.41, 5.74) is 0. The van der Waals surface area contributed by atoms with Crippen molar-refractivity contribution in [2.75, 3.05) is 27.2 Å². The predicted molar refractivity (Wildman–Crippen MR) is 64.5 cm³/mol. The fourth-order valence-electron chi connectivity index (χ4n) is 2.33. The largest absolute Gasteiger partial charge is 0.481 e. The van der Waals surface area contributed by atoms with Gasteiger partial charge in [0, 0.05) is 12.1 Å². The summed E-state index contributed by atoms with van der Waals surface area (Å²) in [7, 11) is 4.23. The lowest BCUT2D eigenvalue weighted by Gasteiger charge is -2.39. The van der Waals surface area contributed by atoms with Crippen LogP contribution in [0.3, 0.4) is 0 Å². The van der Waals surface area contributed by atoms with Crippen LogP contribution in [0.2, 0.25) is 0 Å². The Morgan fingerprint density at radius 1 is 1.31 bits per heavy atom. The third-order valence-electron chi connectivity index (χ3n) is 3.92. The molecule has 1 fully saturated rings. The molecule has 1 aliphatic heterocycles. The number of hydrogen-bond donors (Lipinski definition) is 1. The first-order valence-corrected chi connectivity index (χ1v) is 6.06. The molecule has 2 atom stereocenters. The summed E-state index contributed by atoms with van der Waals surface area (Å²) < 4.78 is 0. The maximum atomic E-state index is 10.9. The van der Waals surface area contributed by atoms with Gasteiger partial charge in [-0.15, -0.1) is 0 Å². The van der Waals surface area contributed by atoms with Gasteiger partial charge in [0.05, 0.1) is 5.92 Å². The quantitative estimate of drug-likeness (QED) is 0.783. The van der Waals surface area contributed by atoms with Crippen LogP contribution in [0.4, 0.5) is 0 Å². The number of carboxylic acid groups (broad SMARTS) is 1. The van der Waals surface area contributed by atoms with E-state index in [0.717, 1.165) is 25.9 Å². The van der Waals surface area contributed by atoms with E-state index in [1.165, 1.54) is 0 Å². The van der Waals surface area contributed by atoms with Crippen LogP contribution in [0, 0.1) is 5.92 Å². The molecule has 0 spiro atoms. The van der Waals surface area contributed by atoms with Gasteiger partial charge in [0.15, 0.2) is 0 Å². The summed E-state index contributed by atoms with van der Waals surface area (Å²) in [5, 5.41) is 8.99. The van der Waals surface area contributed by atoms with Crippen LogP contribution >= 0.6 is 0 Å². The first-order valence-electron chi connectivity index (χ1n) is 6.06. The lowest BCUT2D eigenvalue weighted by molar-refractivity contribution is -0.143. The predicted octanol–water partition coefficient (Wildman–Crippen LogP) is 1.12. The molecular weight excluding hydrogens is 204 g/mol. The van der Waals surface area contributed by atoms with Crippen molar-refractivity contribution in [1.82, 2.24) is 9.80 Å². The molecule has 0 aromatic rings. The Labute approximate surface area is 98.2 Å². The highest BCUT2D eigenvalue weighted by Crippen LogP contribution is 2.19. The monoisotopic (exact) mass is 228 g/mol. The number of carbonyl (C=O) groups is 1. The number of aliphatic carboxylic acids is 1. The van der Waals surface area contributed by atoms with Crippen molar-refractivity contribution in [3.63, 3.8) is 0 Å². The Bertz CT molecular complexity index is 235.